The zero-order valence-corrected chi connectivity index (χ0v) is 10.2. The molecule has 0 saturated heterocycles. The van der Waals surface area contributed by atoms with Crippen molar-refractivity contribution in [2.45, 2.75) is 10.1 Å². The molecular weight excluding hydrogens is 250 g/mol. The van der Waals surface area contributed by atoms with Gasteiger partial charge in [-0.1, -0.05) is 0 Å². The Labute approximate surface area is 101 Å². The quantitative estimate of drug-likeness (QED) is 0.829. The van der Waals surface area contributed by atoms with Crippen LogP contribution in [0.25, 0.3) is 0 Å². The first-order valence-electron chi connectivity index (χ1n) is 4.29. The largest absolute Gasteiger partial charge is 0.467 e. The van der Waals surface area contributed by atoms with Crippen molar-refractivity contribution in [3.05, 3.63) is 17.7 Å². The van der Waals surface area contributed by atoms with Crippen LogP contribution in [-0.4, -0.2) is 31.8 Å². The van der Waals surface area contributed by atoms with E-state index in [0.717, 1.165) is 4.90 Å². The minimum Gasteiger partial charge on any atom is -0.467 e. The maximum atomic E-state index is 5.72. The summed E-state index contributed by atoms with van der Waals surface area (Å²) in [6.45, 7) is 0. The summed E-state index contributed by atoms with van der Waals surface area (Å²) in [5.74, 6) is 0. The summed E-state index contributed by atoms with van der Waals surface area (Å²) in [6, 6.07) is 0.200. The molecule has 8 heteroatoms. The van der Waals surface area contributed by atoms with Crippen LogP contribution in [0.3, 0.4) is 0 Å². The third-order valence-corrected chi connectivity index (χ3v) is 2.62. The minimum absolute atomic E-state index is 0.109. The van der Waals surface area contributed by atoms with Crippen LogP contribution in [0.4, 0.5) is 0 Å². The van der Waals surface area contributed by atoms with E-state index in [1.807, 2.05) is 13.2 Å². The molecule has 0 aliphatic rings. The lowest BCUT2D eigenvalue weighted by Crippen LogP contribution is -1.96. The van der Waals surface area contributed by atoms with E-state index in [0.29, 0.717) is 5.16 Å². The lowest BCUT2D eigenvalue weighted by Gasteiger charge is -2.00. The van der Waals surface area contributed by atoms with Gasteiger partial charge in [0, 0.05) is 13.2 Å². The summed E-state index contributed by atoms with van der Waals surface area (Å²) in [7, 11) is 3.31. The Bertz CT molecular complexity index is 503. The summed E-state index contributed by atoms with van der Waals surface area (Å²) >= 11 is 7.07. The predicted molar refractivity (Wildman–Crippen MR) is 58.7 cm³/mol. The van der Waals surface area contributed by atoms with Crippen molar-refractivity contribution in [3.8, 4) is 6.01 Å². The fraction of sp³-hybridized carbons (Fsp3) is 0.250. The number of methoxy groups -OCH3 is 1. The highest BCUT2D eigenvalue weighted by Gasteiger charge is 2.07. The zero-order valence-electron chi connectivity index (χ0n) is 8.59. The van der Waals surface area contributed by atoms with Gasteiger partial charge in [0.2, 0.25) is 5.28 Å². The number of aryl methyl sites for hydroxylation is 1. The summed E-state index contributed by atoms with van der Waals surface area (Å²) in [4.78, 5) is 12.7. The molecule has 0 fully saturated rings. The normalized spacial score (nSPS) is 10.4. The molecule has 2 heterocycles. The van der Waals surface area contributed by atoms with Crippen LogP contribution in [0.5, 0.6) is 6.01 Å². The van der Waals surface area contributed by atoms with Crippen molar-refractivity contribution in [1.82, 2.24) is 24.7 Å². The van der Waals surface area contributed by atoms with Crippen molar-refractivity contribution >= 4 is 23.4 Å². The molecule has 0 bridgehead atoms. The van der Waals surface area contributed by atoms with Crippen LogP contribution in [0.1, 0.15) is 0 Å². The van der Waals surface area contributed by atoms with Gasteiger partial charge in [-0.25, -0.2) is 0 Å². The number of ether oxygens (including phenoxy) is 1. The average Bonchev–Trinajstić information content (AvgIpc) is 2.63. The third-order valence-electron chi connectivity index (χ3n) is 1.64. The van der Waals surface area contributed by atoms with Gasteiger partial charge < -0.3 is 4.74 Å². The fourth-order valence-corrected chi connectivity index (χ4v) is 1.98. The van der Waals surface area contributed by atoms with Crippen molar-refractivity contribution < 1.29 is 4.74 Å². The molecule has 0 aliphatic heterocycles. The maximum absolute atomic E-state index is 5.72. The molecule has 6 nitrogen and oxygen atoms in total. The Morgan fingerprint density at radius 3 is 2.81 bits per heavy atom. The topological polar surface area (TPSA) is 65.7 Å². The van der Waals surface area contributed by atoms with Crippen LogP contribution >= 0.6 is 23.4 Å². The first-order valence-corrected chi connectivity index (χ1v) is 5.49. The fourth-order valence-electron chi connectivity index (χ4n) is 1.01. The summed E-state index contributed by atoms with van der Waals surface area (Å²) in [5.41, 5.74) is 0. The molecule has 0 aromatic carbocycles. The molecule has 2 aromatic rings. The molecule has 0 spiro atoms. The second-order valence-electron chi connectivity index (χ2n) is 2.83. The third kappa shape index (κ3) is 2.61. The van der Waals surface area contributed by atoms with Gasteiger partial charge in [-0.2, -0.15) is 20.1 Å². The summed E-state index contributed by atoms with van der Waals surface area (Å²) in [5, 5.41) is 4.62. The first-order chi connectivity index (χ1) is 7.67. The van der Waals surface area contributed by atoms with Gasteiger partial charge in [0.25, 0.3) is 0 Å². The summed E-state index contributed by atoms with van der Waals surface area (Å²) in [6.07, 6.45) is 3.57. The molecule has 0 saturated carbocycles. The molecule has 0 amide bonds. The van der Waals surface area contributed by atoms with Gasteiger partial charge >= 0.3 is 6.01 Å². The molecule has 0 N–H and O–H groups in total. The lowest BCUT2D eigenvalue weighted by atomic mass is 10.7. The Kier molecular flexibility index (Phi) is 3.25. The van der Waals surface area contributed by atoms with Crippen LogP contribution < -0.4 is 4.74 Å². The van der Waals surface area contributed by atoms with Crippen LogP contribution in [0.15, 0.2) is 22.4 Å². The minimum atomic E-state index is 0.109. The molecule has 2 rings (SSSR count). The smallest absolute Gasteiger partial charge is 0.321 e. The van der Waals surface area contributed by atoms with Gasteiger partial charge in [-0.05, 0) is 23.4 Å². The molecule has 2 aromatic heterocycles. The molecule has 16 heavy (non-hydrogen) atoms. The van der Waals surface area contributed by atoms with Crippen LogP contribution in [0.2, 0.25) is 5.28 Å². The number of rotatable bonds is 3. The molecule has 0 radical (unpaired) electrons. The SMILES string of the molecule is COc1nc(Cl)nc(Sc2cnn(C)c2)n1. The molecule has 0 aliphatic carbocycles. The number of nitrogens with zero attached hydrogens (tertiary/aromatic N) is 5. The van der Waals surface area contributed by atoms with Crippen molar-refractivity contribution in [3.63, 3.8) is 0 Å². The maximum Gasteiger partial charge on any atom is 0.321 e. The molecule has 84 valence electrons. The predicted octanol–water partition coefficient (Wildman–Crippen LogP) is 1.42. The van der Waals surface area contributed by atoms with E-state index in [-0.39, 0.29) is 11.3 Å². The van der Waals surface area contributed by atoms with E-state index in [9.17, 15) is 0 Å². The van der Waals surface area contributed by atoms with E-state index in [1.54, 1.807) is 10.9 Å². The van der Waals surface area contributed by atoms with Gasteiger partial charge in [-0.3, -0.25) is 4.68 Å². The average molecular weight is 258 g/mol. The van der Waals surface area contributed by atoms with E-state index in [4.69, 9.17) is 16.3 Å². The lowest BCUT2D eigenvalue weighted by molar-refractivity contribution is 0.373. The van der Waals surface area contributed by atoms with Crippen molar-refractivity contribution in [2.75, 3.05) is 7.11 Å². The standard InChI is InChI=1S/C8H8ClN5OS/c1-14-4-5(3-10-14)16-8-12-6(9)11-7(13-8)15-2/h3-4H,1-2H3. The first kappa shape index (κ1) is 11.2. The molecular formula is C8H8ClN5OS. The van der Waals surface area contributed by atoms with Gasteiger partial charge in [-0.15, -0.1) is 0 Å². The number of hydrogen-bond donors (Lipinski definition) is 0. The Morgan fingerprint density at radius 2 is 2.19 bits per heavy atom. The monoisotopic (exact) mass is 257 g/mol. The zero-order chi connectivity index (χ0) is 11.5. The van der Waals surface area contributed by atoms with Gasteiger partial charge in [0.05, 0.1) is 18.2 Å². The van der Waals surface area contributed by atoms with Gasteiger partial charge in [0.1, 0.15) is 0 Å². The summed E-state index contributed by atoms with van der Waals surface area (Å²) < 4.78 is 6.59. The highest BCUT2D eigenvalue weighted by Crippen LogP contribution is 2.25. The van der Waals surface area contributed by atoms with E-state index < -0.39 is 0 Å². The van der Waals surface area contributed by atoms with Crippen molar-refractivity contribution in [2.24, 2.45) is 7.05 Å². The number of halogens is 1. The number of hydrogen-bond acceptors (Lipinski definition) is 6. The van der Waals surface area contributed by atoms with E-state index in [2.05, 4.69) is 20.1 Å². The van der Waals surface area contributed by atoms with E-state index in [1.165, 1.54) is 18.9 Å². The Hall–Kier alpha value is -1.34. The second-order valence-corrected chi connectivity index (χ2v) is 4.20. The number of aromatic nitrogens is 5. The second kappa shape index (κ2) is 4.67. The van der Waals surface area contributed by atoms with Crippen molar-refractivity contribution in [1.29, 1.82) is 0 Å². The van der Waals surface area contributed by atoms with Gasteiger partial charge in [0.15, 0.2) is 5.16 Å². The highest BCUT2D eigenvalue weighted by atomic mass is 35.5. The Balaban J connectivity index is 2.24. The molecule has 0 unspecified atom stereocenters. The highest BCUT2D eigenvalue weighted by molar-refractivity contribution is 7.99. The molecule has 0 atom stereocenters. The van der Waals surface area contributed by atoms with Crippen LogP contribution in [0, 0.1) is 0 Å². The van der Waals surface area contributed by atoms with E-state index >= 15 is 0 Å². The van der Waals surface area contributed by atoms with Crippen LogP contribution in [-0.2, 0) is 7.05 Å². The Morgan fingerprint density at radius 1 is 1.38 bits per heavy atom.